The van der Waals surface area contributed by atoms with E-state index in [1.165, 1.54) is 20.1 Å². The molecule has 0 fully saturated rings. The van der Waals surface area contributed by atoms with E-state index in [9.17, 15) is 14.4 Å². The van der Waals surface area contributed by atoms with E-state index < -0.39 is 23.9 Å². The number of ether oxygens (including phenoxy) is 2. The lowest BCUT2D eigenvalue weighted by molar-refractivity contribution is -0.148. The third-order valence-corrected chi connectivity index (χ3v) is 4.06. The van der Waals surface area contributed by atoms with Crippen molar-refractivity contribution in [1.82, 2.24) is 0 Å². The smallest absolute Gasteiger partial charge is 0.337 e. The molecule has 2 rings (SSSR count). The van der Waals surface area contributed by atoms with E-state index in [1.807, 2.05) is 32.0 Å². The molecule has 0 radical (unpaired) electrons. The summed E-state index contributed by atoms with van der Waals surface area (Å²) < 4.78 is 9.77. The van der Waals surface area contributed by atoms with Crippen LogP contribution >= 0.6 is 0 Å². The predicted octanol–water partition coefficient (Wildman–Crippen LogP) is 3.67. The van der Waals surface area contributed by atoms with Crippen molar-refractivity contribution in [3.05, 3.63) is 70.8 Å². The van der Waals surface area contributed by atoms with Gasteiger partial charge >= 0.3 is 11.9 Å². The first-order chi connectivity index (χ1) is 13.3. The number of aryl methyl sites for hydroxylation is 2. The molecule has 28 heavy (non-hydrogen) atoms. The molecule has 0 aliphatic heterocycles. The van der Waals surface area contributed by atoms with Gasteiger partial charge in [-0.1, -0.05) is 24.3 Å². The van der Waals surface area contributed by atoms with Crippen LogP contribution in [0.4, 0.5) is 5.69 Å². The first-order valence-corrected chi connectivity index (χ1v) is 8.75. The number of benzene rings is 2. The lowest BCUT2D eigenvalue weighted by atomic mass is 10.1. The molecule has 0 spiro atoms. The molecule has 0 aliphatic carbocycles. The van der Waals surface area contributed by atoms with E-state index in [4.69, 9.17) is 4.74 Å². The Morgan fingerprint density at radius 1 is 1.04 bits per heavy atom. The summed E-state index contributed by atoms with van der Waals surface area (Å²) in [6.07, 6.45) is 1.83. The summed E-state index contributed by atoms with van der Waals surface area (Å²) in [6, 6.07) is 12.3. The zero-order chi connectivity index (χ0) is 20.7. The van der Waals surface area contributed by atoms with E-state index >= 15 is 0 Å². The molecule has 0 saturated carbocycles. The average molecular weight is 381 g/mol. The van der Waals surface area contributed by atoms with Gasteiger partial charge in [-0.3, -0.25) is 4.79 Å². The van der Waals surface area contributed by atoms with Crippen LogP contribution in [0.1, 0.15) is 34.0 Å². The van der Waals surface area contributed by atoms with Gasteiger partial charge in [0.2, 0.25) is 0 Å². The van der Waals surface area contributed by atoms with Crippen LogP contribution in [0.5, 0.6) is 0 Å². The van der Waals surface area contributed by atoms with Gasteiger partial charge in [-0.25, -0.2) is 9.59 Å². The van der Waals surface area contributed by atoms with Crippen molar-refractivity contribution < 1.29 is 23.9 Å². The van der Waals surface area contributed by atoms with Gasteiger partial charge in [0.1, 0.15) is 0 Å². The molecule has 146 valence electrons. The third kappa shape index (κ3) is 5.81. The van der Waals surface area contributed by atoms with Gasteiger partial charge in [-0.05, 0) is 61.7 Å². The average Bonchev–Trinajstić information content (AvgIpc) is 2.68. The summed E-state index contributed by atoms with van der Waals surface area (Å²) in [4.78, 5) is 35.6. The zero-order valence-electron chi connectivity index (χ0n) is 16.3. The van der Waals surface area contributed by atoms with E-state index in [1.54, 1.807) is 30.3 Å². The van der Waals surface area contributed by atoms with Gasteiger partial charge in [0.25, 0.3) is 5.91 Å². The minimum Gasteiger partial charge on any atom is -0.465 e. The Kier molecular flexibility index (Phi) is 7.09. The molecule has 2 aromatic carbocycles. The SMILES string of the molecule is COC(=O)c1ccc(/C=C/C(=O)OC(C)C(=O)Nc2cc(C)ccc2C)cc1. The van der Waals surface area contributed by atoms with Gasteiger partial charge in [-0.15, -0.1) is 0 Å². The standard InChI is InChI=1S/C22H23NO5/c1-14-5-6-15(2)19(13-14)23-21(25)16(3)28-20(24)12-9-17-7-10-18(11-8-17)22(26)27-4/h5-13,16H,1-4H3,(H,23,25)/b12-9+. The van der Waals surface area contributed by atoms with Gasteiger partial charge in [0, 0.05) is 11.8 Å². The van der Waals surface area contributed by atoms with Gasteiger partial charge in [0.15, 0.2) is 6.10 Å². The second kappa shape index (κ2) is 9.50. The molecule has 6 heteroatoms. The molecule has 0 heterocycles. The van der Waals surface area contributed by atoms with Crippen LogP contribution in [0.25, 0.3) is 6.08 Å². The number of hydrogen-bond acceptors (Lipinski definition) is 5. The number of amides is 1. The molecule has 0 bridgehead atoms. The van der Waals surface area contributed by atoms with Crippen molar-refractivity contribution in [3.63, 3.8) is 0 Å². The van der Waals surface area contributed by atoms with Gasteiger partial charge < -0.3 is 14.8 Å². The minimum atomic E-state index is -0.946. The Balaban J connectivity index is 1.92. The molecule has 1 unspecified atom stereocenters. The van der Waals surface area contributed by atoms with Crippen molar-refractivity contribution in [1.29, 1.82) is 0 Å². The molecular weight excluding hydrogens is 358 g/mol. The Morgan fingerprint density at radius 3 is 2.36 bits per heavy atom. The number of nitrogens with one attached hydrogen (secondary N) is 1. The van der Waals surface area contributed by atoms with Crippen molar-refractivity contribution in [2.75, 3.05) is 12.4 Å². The topological polar surface area (TPSA) is 81.7 Å². The third-order valence-electron chi connectivity index (χ3n) is 4.06. The molecule has 6 nitrogen and oxygen atoms in total. The number of hydrogen-bond donors (Lipinski definition) is 1. The number of esters is 2. The molecule has 0 saturated heterocycles. The molecule has 1 N–H and O–H groups in total. The maximum absolute atomic E-state index is 12.3. The highest BCUT2D eigenvalue weighted by molar-refractivity contribution is 5.97. The predicted molar refractivity (Wildman–Crippen MR) is 107 cm³/mol. The minimum absolute atomic E-state index is 0.405. The number of carbonyl (C=O) groups excluding carboxylic acids is 3. The zero-order valence-corrected chi connectivity index (χ0v) is 16.3. The number of anilines is 1. The Morgan fingerprint density at radius 2 is 1.71 bits per heavy atom. The summed E-state index contributed by atoms with van der Waals surface area (Å²) in [7, 11) is 1.31. The highest BCUT2D eigenvalue weighted by Crippen LogP contribution is 2.17. The van der Waals surface area contributed by atoms with Crippen molar-refractivity contribution in [2.45, 2.75) is 26.9 Å². The largest absolute Gasteiger partial charge is 0.465 e. The fraction of sp³-hybridized carbons (Fsp3) is 0.227. The lowest BCUT2D eigenvalue weighted by Gasteiger charge is -2.14. The van der Waals surface area contributed by atoms with E-state index in [0.29, 0.717) is 16.8 Å². The number of carbonyl (C=O) groups is 3. The first-order valence-electron chi connectivity index (χ1n) is 8.75. The van der Waals surface area contributed by atoms with E-state index in [-0.39, 0.29) is 0 Å². The fourth-order valence-corrected chi connectivity index (χ4v) is 2.38. The first kappa shape index (κ1) is 20.9. The summed E-state index contributed by atoms with van der Waals surface area (Å²) in [5, 5.41) is 2.77. The summed E-state index contributed by atoms with van der Waals surface area (Å²) in [6.45, 7) is 5.33. The van der Waals surface area contributed by atoms with Crippen molar-refractivity contribution in [2.24, 2.45) is 0 Å². The van der Waals surface area contributed by atoms with Crippen LogP contribution in [0, 0.1) is 13.8 Å². The molecule has 1 amide bonds. The van der Waals surface area contributed by atoms with Crippen LogP contribution in [0.2, 0.25) is 0 Å². The van der Waals surface area contributed by atoms with Crippen molar-refractivity contribution in [3.8, 4) is 0 Å². The Hall–Kier alpha value is -3.41. The summed E-state index contributed by atoms with van der Waals surface area (Å²) in [5.74, 6) is -1.47. The molecule has 2 aromatic rings. The van der Waals surface area contributed by atoms with Crippen LogP contribution in [-0.2, 0) is 19.1 Å². The van der Waals surface area contributed by atoms with Crippen molar-refractivity contribution >= 4 is 29.6 Å². The second-order valence-corrected chi connectivity index (χ2v) is 6.33. The molecule has 0 aliphatic rings. The quantitative estimate of drug-likeness (QED) is 0.610. The molecule has 1 atom stereocenters. The van der Waals surface area contributed by atoms with Gasteiger partial charge in [0.05, 0.1) is 12.7 Å². The van der Waals surface area contributed by atoms with Crippen LogP contribution in [0.15, 0.2) is 48.5 Å². The molecular formula is C22H23NO5. The maximum atomic E-state index is 12.3. The van der Waals surface area contributed by atoms with Crippen LogP contribution in [0.3, 0.4) is 0 Å². The molecule has 0 aromatic heterocycles. The lowest BCUT2D eigenvalue weighted by Crippen LogP contribution is -2.29. The summed E-state index contributed by atoms with van der Waals surface area (Å²) in [5.41, 5.74) is 3.75. The Labute approximate surface area is 164 Å². The number of methoxy groups -OCH3 is 1. The Bertz CT molecular complexity index is 900. The van der Waals surface area contributed by atoms with E-state index in [2.05, 4.69) is 10.1 Å². The summed E-state index contributed by atoms with van der Waals surface area (Å²) >= 11 is 0. The van der Waals surface area contributed by atoms with Crippen LogP contribution in [-0.4, -0.2) is 31.1 Å². The van der Waals surface area contributed by atoms with E-state index in [0.717, 1.165) is 11.1 Å². The fourth-order valence-electron chi connectivity index (χ4n) is 2.38. The maximum Gasteiger partial charge on any atom is 0.337 e. The highest BCUT2D eigenvalue weighted by atomic mass is 16.5. The highest BCUT2D eigenvalue weighted by Gasteiger charge is 2.17. The normalized spacial score (nSPS) is 11.7. The second-order valence-electron chi connectivity index (χ2n) is 6.33. The monoisotopic (exact) mass is 381 g/mol. The van der Waals surface area contributed by atoms with Crippen LogP contribution < -0.4 is 5.32 Å². The van der Waals surface area contributed by atoms with Gasteiger partial charge in [-0.2, -0.15) is 0 Å². The number of rotatable bonds is 6.